The van der Waals surface area contributed by atoms with Crippen molar-refractivity contribution in [2.45, 2.75) is 6.54 Å². The fourth-order valence-corrected chi connectivity index (χ4v) is 1.69. The van der Waals surface area contributed by atoms with Crippen molar-refractivity contribution in [1.29, 1.82) is 0 Å². The summed E-state index contributed by atoms with van der Waals surface area (Å²) in [4.78, 5) is 17.6. The normalized spacial score (nSPS) is 15.3. The predicted octanol–water partition coefficient (Wildman–Crippen LogP) is 0.632. The standard InChI is InChI=1S/C12H17N3O3/c1-17-11-3-2-10(8-13-11)9-14-12(16)15-4-6-18-7-5-15/h2-3,8H,4-7,9H2,1H3,(H,14,16). The van der Waals surface area contributed by atoms with Crippen molar-refractivity contribution in [1.82, 2.24) is 15.2 Å². The molecule has 0 atom stereocenters. The number of hydrogen-bond acceptors (Lipinski definition) is 4. The summed E-state index contributed by atoms with van der Waals surface area (Å²) in [6, 6.07) is 3.59. The Morgan fingerprint density at radius 1 is 1.50 bits per heavy atom. The number of ether oxygens (including phenoxy) is 2. The Kier molecular flexibility index (Phi) is 4.35. The van der Waals surface area contributed by atoms with Crippen LogP contribution in [0.1, 0.15) is 5.56 Å². The minimum absolute atomic E-state index is 0.0610. The molecule has 0 radical (unpaired) electrons. The number of carbonyl (C=O) groups excluding carboxylic acids is 1. The molecule has 1 aliphatic heterocycles. The van der Waals surface area contributed by atoms with Crippen LogP contribution in [0.4, 0.5) is 4.79 Å². The molecule has 1 aromatic rings. The van der Waals surface area contributed by atoms with Crippen LogP contribution in [0.5, 0.6) is 5.88 Å². The van der Waals surface area contributed by atoms with Gasteiger partial charge in [0.1, 0.15) is 0 Å². The Hall–Kier alpha value is -1.82. The lowest BCUT2D eigenvalue weighted by molar-refractivity contribution is 0.0531. The zero-order valence-corrected chi connectivity index (χ0v) is 10.4. The summed E-state index contributed by atoms with van der Waals surface area (Å²) in [5.41, 5.74) is 0.942. The molecule has 0 bridgehead atoms. The van der Waals surface area contributed by atoms with E-state index in [9.17, 15) is 4.79 Å². The molecule has 6 nitrogen and oxygen atoms in total. The smallest absolute Gasteiger partial charge is 0.317 e. The second-order valence-corrected chi connectivity index (χ2v) is 3.97. The summed E-state index contributed by atoms with van der Waals surface area (Å²) in [5, 5.41) is 2.86. The first kappa shape index (κ1) is 12.6. The summed E-state index contributed by atoms with van der Waals surface area (Å²) in [6.07, 6.45) is 1.69. The molecule has 0 saturated carbocycles. The number of nitrogens with one attached hydrogen (secondary N) is 1. The molecular formula is C12H17N3O3. The maximum absolute atomic E-state index is 11.8. The van der Waals surface area contributed by atoms with Crippen molar-refractivity contribution in [3.8, 4) is 5.88 Å². The van der Waals surface area contributed by atoms with E-state index in [2.05, 4.69) is 10.3 Å². The lowest BCUT2D eigenvalue weighted by atomic mass is 10.3. The average Bonchev–Trinajstić information content (AvgIpc) is 2.46. The van der Waals surface area contributed by atoms with E-state index in [-0.39, 0.29) is 6.03 Å². The molecule has 0 aromatic carbocycles. The number of morpholine rings is 1. The van der Waals surface area contributed by atoms with E-state index in [0.29, 0.717) is 38.7 Å². The van der Waals surface area contributed by atoms with Gasteiger partial charge in [0.15, 0.2) is 0 Å². The van der Waals surface area contributed by atoms with E-state index in [1.54, 1.807) is 24.3 Å². The van der Waals surface area contributed by atoms with Crippen LogP contribution in [0.3, 0.4) is 0 Å². The Balaban J connectivity index is 1.80. The van der Waals surface area contributed by atoms with E-state index in [1.165, 1.54) is 0 Å². The highest BCUT2D eigenvalue weighted by Gasteiger charge is 2.15. The Morgan fingerprint density at radius 2 is 2.28 bits per heavy atom. The maximum atomic E-state index is 11.8. The first-order valence-corrected chi connectivity index (χ1v) is 5.89. The SMILES string of the molecule is COc1ccc(CNC(=O)N2CCOCC2)cn1. The van der Waals surface area contributed by atoms with Crippen molar-refractivity contribution < 1.29 is 14.3 Å². The number of hydrogen-bond donors (Lipinski definition) is 1. The highest BCUT2D eigenvalue weighted by molar-refractivity contribution is 5.74. The van der Waals surface area contributed by atoms with Crippen LogP contribution >= 0.6 is 0 Å². The highest BCUT2D eigenvalue weighted by atomic mass is 16.5. The zero-order chi connectivity index (χ0) is 12.8. The number of urea groups is 1. The van der Waals surface area contributed by atoms with E-state index in [0.717, 1.165) is 5.56 Å². The van der Waals surface area contributed by atoms with Gasteiger partial charge in [-0.25, -0.2) is 9.78 Å². The minimum Gasteiger partial charge on any atom is -0.481 e. The molecular weight excluding hydrogens is 234 g/mol. The van der Waals surface area contributed by atoms with E-state index >= 15 is 0 Å². The first-order valence-electron chi connectivity index (χ1n) is 5.89. The van der Waals surface area contributed by atoms with Crippen molar-refractivity contribution in [3.63, 3.8) is 0 Å². The van der Waals surface area contributed by atoms with Gasteiger partial charge in [0.25, 0.3) is 0 Å². The van der Waals surface area contributed by atoms with Gasteiger partial charge in [-0.1, -0.05) is 6.07 Å². The zero-order valence-electron chi connectivity index (χ0n) is 10.4. The van der Waals surface area contributed by atoms with E-state index in [4.69, 9.17) is 9.47 Å². The number of rotatable bonds is 3. The molecule has 98 valence electrons. The average molecular weight is 251 g/mol. The van der Waals surface area contributed by atoms with E-state index in [1.807, 2.05) is 6.07 Å². The molecule has 6 heteroatoms. The summed E-state index contributed by atoms with van der Waals surface area (Å²) < 4.78 is 10.2. The largest absolute Gasteiger partial charge is 0.481 e. The van der Waals surface area contributed by atoms with Crippen LogP contribution in [0, 0.1) is 0 Å². The van der Waals surface area contributed by atoms with Crippen molar-refractivity contribution in [2.24, 2.45) is 0 Å². The summed E-state index contributed by atoms with van der Waals surface area (Å²) in [7, 11) is 1.57. The maximum Gasteiger partial charge on any atom is 0.317 e. The number of aromatic nitrogens is 1. The second kappa shape index (κ2) is 6.20. The molecule has 18 heavy (non-hydrogen) atoms. The summed E-state index contributed by atoms with van der Waals surface area (Å²) in [5.74, 6) is 0.568. The molecule has 0 aliphatic carbocycles. The third-order valence-corrected chi connectivity index (χ3v) is 2.75. The van der Waals surface area contributed by atoms with Crippen molar-refractivity contribution >= 4 is 6.03 Å². The van der Waals surface area contributed by atoms with Crippen LogP contribution in [-0.4, -0.2) is 49.3 Å². The molecule has 2 amide bonds. The number of amides is 2. The quantitative estimate of drug-likeness (QED) is 0.856. The molecule has 0 unspecified atom stereocenters. The van der Waals surface area contributed by atoms with Crippen LogP contribution in [0.15, 0.2) is 18.3 Å². The Bertz CT molecular complexity index is 388. The third-order valence-electron chi connectivity index (χ3n) is 2.75. The minimum atomic E-state index is -0.0610. The molecule has 0 spiro atoms. The van der Waals surface area contributed by atoms with Crippen LogP contribution in [0.25, 0.3) is 0 Å². The number of carbonyl (C=O) groups is 1. The lowest BCUT2D eigenvalue weighted by Crippen LogP contribution is -2.45. The molecule has 1 N–H and O–H groups in total. The third kappa shape index (κ3) is 3.33. The van der Waals surface area contributed by atoms with Crippen LogP contribution in [-0.2, 0) is 11.3 Å². The monoisotopic (exact) mass is 251 g/mol. The lowest BCUT2D eigenvalue weighted by Gasteiger charge is -2.26. The van der Waals surface area contributed by atoms with Gasteiger partial charge in [-0.2, -0.15) is 0 Å². The second-order valence-electron chi connectivity index (χ2n) is 3.97. The van der Waals surface area contributed by atoms with Crippen molar-refractivity contribution in [2.75, 3.05) is 33.4 Å². The molecule has 1 aromatic heterocycles. The summed E-state index contributed by atoms with van der Waals surface area (Å²) >= 11 is 0. The predicted molar refractivity (Wildman–Crippen MR) is 65.4 cm³/mol. The van der Waals surface area contributed by atoms with Crippen molar-refractivity contribution in [3.05, 3.63) is 23.9 Å². The van der Waals surface area contributed by atoms with Gasteiger partial charge in [-0.05, 0) is 5.56 Å². The van der Waals surface area contributed by atoms with Gasteiger partial charge in [0, 0.05) is 31.9 Å². The van der Waals surface area contributed by atoms with Crippen LogP contribution < -0.4 is 10.1 Å². The van der Waals surface area contributed by atoms with Gasteiger partial charge in [-0.3, -0.25) is 0 Å². The van der Waals surface area contributed by atoms with Gasteiger partial charge < -0.3 is 19.7 Å². The summed E-state index contributed by atoms with van der Waals surface area (Å²) in [6.45, 7) is 2.97. The molecule has 1 saturated heterocycles. The molecule has 2 heterocycles. The fourth-order valence-electron chi connectivity index (χ4n) is 1.69. The molecule has 1 fully saturated rings. The van der Waals surface area contributed by atoms with Crippen LogP contribution in [0.2, 0.25) is 0 Å². The first-order chi connectivity index (χ1) is 8.79. The van der Waals surface area contributed by atoms with Gasteiger partial charge in [0.05, 0.1) is 20.3 Å². The molecule has 2 rings (SSSR count). The number of methoxy groups -OCH3 is 1. The Labute approximate surface area is 106 Å². The van der Waals surface area contributed by atoms with Gasteiger partial charge in [-0.15, -0.1) is 0 Å². The fraction of sp³-hybridized carbons (Fsp3) is 0.500. The molecule has 1 aliphatic rings. The number of nitrogens with zero attached hydrogens (tertiary/aromatic N) is 2. The topological polar surface area (TPSA) is 63.7 Å². The van der Waals surface area contributed by atoms with Gasteiger partial charge >= 0.3 is 6.03 Å². The van der Waals surface area contributed by atoms with E-state index < -0.39 is 0 Å². The van der Waals surface area contributed by atoms with Gasteiger partial charge in [0.2, 0.25) is 5.88 Å². The Morgan fingerprint density at radius 3 is 2.89 bits per heavy atom. The highest BCUT2D eigenvalue weighted by Crippen LogP contribution is 2.06. The number of pyridine rings is 1.